The van der Waals surface area contributed by atoms with E-state index in [1.165, 1.54) is 25.7 Å². The Balaban J connectivity index is 1.51. The highest BCUT2D eigenvalue weighted by molar-refractivity contribution is 5.78. The van der Waals surface area contributed by atoms with Crippen molar-refractivity contribution in [2.45, 2.75) is 25.7 Å². The van der Waals surface area contributed by atoms with Crippen LogP contribution >= 0.6 is 0 Å². The second-order valence-electron chi connectivity index (χ2n) is 5.71. The number of ether oxygens (including phenoxy) is 1. The first-order valence-corrected chi connectivity index (χ1v) is 7.28. The van der Waals surface area contributed by atoms with Crippen LogP contribution in [-0.2, 0) is 4.79 Å². The predicted molar refractivity (Wildman–Crippen MR) is 74.0 cm³/mol. The van der Waals surface area contributed by atoms with Crippen molar-refractivity contribution in [1.29, 1.82) is 0 Å². The van der Waals surface area contributed by atoms with Crippen LogP contribution in [0.15, 0.2) is 30.3 Å². The third kappa shape index (κ3) is 2.91. The lowest BCUT2D eigenvalue weighted by Gasteiger charge is -2.22. The number of nitrogens with zero attached hydrogens (tertiary/aromatic N) is 1. The van der Waals surface area contributed by atoms with Crippen LogP contribution in [0.5, 0.6) is 5.75 Å². The van der Waals surface area contributed by atoms with Gasteiger partial charge in [0.1, 0.15) is 5.75 Å². The van der Waals surface area contributed by atoms with Crippen LogP contribution in [0.1, 0.15) is 25.7 Å². The lowest BCUT2D eigenvalue weighted by atomic mass is 9.82. The van der Waals surface area contributed by atoms with E-state index in [0.29, 0.717) is 0 Å². The smallest absolute Gasteiger partial charge is 0.260 e. The molecule has 3 nitrogen and oxygen atoms in total. The number of carbonyl (C=O) groups is 1. The van der Waals surface area contributed by atoms with Crippen molar-refractivity contribution >= 4 is 5.91 Å². The van der Waals surface area contributed by atoms with Gasteiger partial charge in [-0.3, -0.25) is 4.79 Å². The van der Waals surface area contributed by atoms with Crippen LogP contribution < -0.4 is 4.74 Å². The van der Waals surface area contributed by atoms with Crippen molar-refractivity contribution in [2.75, 3.05) is 19.7 Å². The predicted octanol–water partition coefficient (Wildman–Crippen LogP) is 2.71. The molecule has 102 valence electrons. The molecule has 0 radical (unpaired) electrons. The highest BCUT2D eigenvalue weighted by Gasteiger charge is 2.36. The van der Waals surface area contributed by atoms with Gasteiger partial charge < -0.3 is 9.64 Å². The summed E-state index contributed by atoms with van der Waals surface area (Å²) in [4.78, 5) is 14.2. The summed E-state index contributed by atoms with van der Waals surface area (Å²) in [5.74, 6) is 2.40. The molecule has 19 heavy (non-hydrogen) atoms. The maximum atomic E-state index is 12.2. The van der Waals surface area contributed by atoms with Gasteiger partial charge in [0.15, 0.2) is 6.61 Å². The van der Waals surface area contributed by atoms with Gasteiger partial charge in [0.05, 0.1) is 0 Å². The Labute approximate surface area is 114 Å². The molecule has 1 aliphatic carbocycles. The minimum Gasteiger partial charge on any atom is -0.484 e. The molecule has 2 unspecified atom stereocenters. The Kier molecular flexibility index (Phi) is 3.72. The summed E-state index contributed by atoms with van der Waals surface area (Å²) in [6.45, 7) is 2.06. The molecule has 1 saturated carbocycles. The molecule has 2 aliphatic rings. The van der Waals surface area contributed by atoms with Crippen LogP contribution in [0, 0.1) is 11.8 Å². The van der Waals surface area contributed by atoms with Gasteiger partial charge >= 0.3 is 0 Å². The van der Waals surface area contributed by atoms with Crippen LogP contribution in [-0.4, -0.2) is 30.5 Å². The molecule has 3 rings (SSSR count). The molecule has 1 amide bonds. The molecule has 1 saturated heterocycles. The number of benzene rings is 1. The van der Waals surface area contributed by atoms with Crippen molar-refractivity contribution in [3.05, 3.63) is 30.3 Å². The summed E-state index contributed by atoms with van der Waals surface area (Å²) in [5.41, 5.74) is 0. The highest BCUT2D eigenvalue weighted by atomic mass is 16.5. The van der Waals surface area contributed by atoms with E-state index in [4.69, 9.17) is 4.74 Å². The molecule has 1 aliphatic heterocycles. The van der Waals surface area contributed by atoms with E-state index in [0.717, 1.165) is 30.7 Å². The molecule has 0 bridgehead atoms. The van der Waals surface area contributed by atoms with E-state index >= 15 is 0 Å². The first kappa shape index (κ1) is 12.5. The van der Waals surface area contributed by atoms with Crippen molar-refractivity contribution < 1.29 is 9.53 Å². The Morgan fingerprint density at radius 3 is 2.37 bits per heavy atom. The first-order valence-electron chi connectivity index (χ1n) is 7.28. The first-order chi connectivity index (χ1) is 9.33. The Morgan fingerprint density at radius 2 is 1.74 bits per heavy atom. The maximum Gasteiger partial charge on any atom is 0.260 e. The molecule has 1 heterocycles. The number of hydrogen-bond donors (Lipinski definition) is 0. The summed E-state index contributed by atoms with van der Waals surface area (Å²) >= 11 is 0. The monoisotopic (exact) mass is 259 g/mol. The molecular formula is C16H21NO2. The molecule has 1 aromatic rings. The standard InChI is InChI=1S/C16H21NO2/c18-16(12-19-15-8-2-1-3-9-15)17-10-13-6-4-5-7-14(13)11-17/h1-3,8-9,13-14H,4-7,10-12H2. The zero-order valence-electron chi connectivity index (χ0n) is 11.3. The van der Waals surface area contributed by atoms with E-state index < -0.39 is 0 Å². The SMILES string of the molecule is O=C(COc1ccccc1)N1CC2CCCCC2C1. The van der Waals surface area contributed by atoms with Gasteiger partial charge in [0.25, 0.3) is 5.91 Å². The molecule has 3 heteroatoms. The van der Waals surface area contributed by atoms with Gasteiger partial charge in [-0.25, -0.2) is 0 Å². The van der Waals surface area contributed by atoms with Crippen molar-refractivity contribution in [3.8, 4) is 5.75 Å². The molecule has 2 fully saturated rings. The van der Waals surface area contributed by atoms with Crippen LogP contribution in [0.25, 0.3) is 0 Å². The molecule has 2 atom stereocenters. The van der Waals surface area contributed by atoms with Gasteiger partial charge in [0, 0.05) is 13.1 Å². The van der Waals surface area contributed by atoms with Gasteiger partial charge in [-0.2, -0.15) is 0 Å². The van der Waals surface area contributed by atoms with Gasteiger partial charge in [-0.15, -0.1) is 0 Å². The number of amides is 1. The second-order valence-corrected chi connectivity index (χ2v) is 5.71. The Hall–Kier alpha value is -1.51. The number of rotatable bonds is 3. The zero-order chi connectivity index (χ0) is 13.1. The zero-order valence-corrected chi connectivity index (χ0v) is 11.3. The van der Waals surface area contributed by atoms with E-state index in [1.807, 2.05) is 35.2 Å². The van der Waals surface area contributed by atoms with E-state index in [2.05, 4.69) is 0 Å². The number of hydrogen-bond acceptors (Lipinski definition) is 2. The summed E-state index contributed by atoms with van der Waals surface area (Å²) in [6.07, 6.45) is 5.27. The van der Waals surface area contributed by atoms with Crippen LogP contribution in [0.3, 0.4) is 0 Å². The molecular weight excluding hydrogens is 238 g/mol. The Bertz CT molecular complexity index is 418. The maximum absolute atomic E-state index is 12.2. The highest BCUT2D eigenvalue weighted by Crippen LogP contribution is 2.35. The largest absolute Gasteiger partial charge is 0.484 e. The van der Waals surface area contributed by atoms with Gasteiger partial charge in [-0.1, -0.05) is 31.0 Å². The number of fused-ring (bicyclic) bond motifs is 1. The van der Waals surface area contributed by atoms with Crippen LogP contribution in [0.4, 0.5) is 0 Å². The lowest BCUT2D eigenvalue weighted by Crippen LogP contribution is -2.33. The third-order valence-electron chi connectivity index (χ3n) is 4.43. The average molecular weight is 259 g/mol. The molecule has 0 N–H and O–H groups in total. The fraction of sp³-hybridized carbons (Fsp3) is 0.562. The fourth-order valence-electron chi connectivity index (χ4n) is 3.36. The Morgan fingerprint density at radius 1 is 1.11 bits per heavy atom. The van der Waals surface area contributed by atoms with E-state index in [-0.39, 0.29) is 12.5 Å². The average Bonchev–Trinajstić information content (AvgIpc) is 2.90. The summed E-state index contributed by atoms with van der Waals surface area (Å²) in [7, 11) is 0. The topological polar surface area (TPSA) is 29.5 Å². The fourth-order valence-corrected chi connectivity index (χ4v) is 3.36. The van der Waals surface area contributed by atoms with Crippen molar-refractivity contribution in [1.82, 2.24) is 4.90 Å². The number of carbonyl (C=O) groups excluding carboxylic acids is 1. The third-order valence-corrected chi connectivity index (χ3v) is 4.43. The summed E-state index contributed by atoms with van der Waals surface area (Å²) in [6, 6.07) is 9.56. The van der Waals surface area contributed by atoms with Gasteiger partial charge in [-0.05, 0) is 36.8 Å². The van der Waals surface area contributed by atoms with E-state index in [1.54, 1.807) is 0 Å². The quantitative estimate of drug-likeness (QED) is 0.835. The number of likely N-dealkylation sites (tertiary alicyclic amines) is 1. The molecule has 0 spiro atoms. The lowest BCUT2D eigenvalue weighted by molar-refractivity contribution is -0.132. The second kappa shape index (κ2) is 5.64. The minimum atomic E-state index is 0.137. The molecule has 1 aromatic carbocycles. The minimum absolute atomic E-state index is 0.137. The van der Waals surface area contributed by atoms with E-state index in [9.17, 15) is 4.79 Å². The number of para-hydroxylation sites is 1. The normalized spacial score (nSPS) is 26.0. The van der Waals surface area contributed by atoms with Crippen LogP contribution in [0.2, 0.25) is 0 Å². The molecule has 0 aromatic heterocycles. The summed E-state index contributed by atoms with van der Waals surface area (Å²) in [5, 5.41) is 0. The van der Waals surface area contributed by atoms with Gasteiger partial charge in [0.2, 0.25) is 0 Å². The summed E-state index contributed by atoms with van der Waals surface area (Å²) < 4.78 is 5.54. The van der Waals surface area contributed by atoms with Crippen molar-refractivity contribution in [3.63, 3.8) is 0 Å². The van der Waals surface area contributed by atoms with Crippen molar-refractivity contribution in [2.24, 2.45) is 11.8 Å².